The van der Waals surface area contributed by atoms with Crippen molar-refractivity contribution in [1.82, 2.24) is 10.2 Å². The summed E-state index contributed by atoms with van der Waals surface area (Å²) < 4.78 is 23.7. The molecule has 2 heterocycles. The zero-order valence-electron chi connectivity index (χ0n) is 12.6. The highest BCUT2D eigenvalue weighted by molar-refractivity contribution is 7.91. The number of carbonyl (C=O) groups excluding carboxylic acids is 1. The summed E-state index contributed by atoms with van der Waals surface area (Å²) in [6, 6.07) is 0.610. The van der Waals surface area contributed by atoms with E-state index < -0.39 is 15.7 Å². The highest BCUT2D eigenvalue weighted by atomic mass is 32.2. The number of nitrogens with zero attached hydrogens (tertiary/aromatic N) is 1. The third-order valence-corrected chi connectivity index (χ3v) is 6.22. The standard InChI is InChI=1S/C14H27N3O3S/c15-14(18)5-9-21(19,20)10-8-17-7-2-3-12(11-17)13-4-1-6-16-13/h12-13,16H,1-11H2,(H2,15,18). The minimum absolute atomic E-state index is 0.0725. The zero-order valence-corrected chi connectivity index (χ0v) is 13.4. The molecule has 2 saturated heterocycles. The molecule has 1 amide bonds. The van der Waals surface area contributed by atoms with Crippen LogP contribution in [0, 0.1) is 5.92 Å². The van der Waals surface area contributed by atoms with Gasteiger partial charge in [-0.15, -0.1) is 0 Å². The molecule has 0 aromatic heterocycles. The summed E-state index contributed by atoms with van der Waals surface area (Å²) in [7, 11) is -3.17. The van der Waals surface area contributed by atoms with Gasteiger partial charge in [-0.05, 0) is 44.7 Å². The van der Waals surface area contributed by atoms with Crippen LogP contribution in [-0.2, 0) is 14.6 Å². The van der Waals surface area contributed by atoms with Crippen molar-refractivity contribution in [2.45, 2.75) is 38.1 Å². The molecule has 2 aliphatic heterocycles. The van der Waals surface area contributed by atoms with E-state index in [1.807, 2.05) is 0 Å². The van der Waals surface area contributed by atoms with Crippen LogP contribution < -0.4 is 11.1 Å². The smallest absolute Gasteiger partial charge is 0.218 e. The second-order valence-electron chi connectivity index (χ2n) is 6.27. The molecule has 21 heavy (non-hydrogen) atoms. The summed E-state index contributed by atoms with van der Waals surface area (Å²) in [4.78, 5) is 12.9. The Morgan fingerprint density at radius 1 is 1.24 bits per heavy atom. The first kappa shape index (κ1) is 16.7. The third kappa shape index (κ3) is 5.56. The van der Waals surface area contributed by atoms with Crippen LogP contribution in [0.4, 0.5) is 0 Å². The number of hydrogen-bond donors (Lipinski definition) is 2. The van der Waals surface area contributed by atoms with Crippen LogP contribution in [0.15, 0.2) is 0 Å². The van der Waals surface area contributed by atoms with E-state index in [1.54, 1.807) is 0 Å². The summed E-state index contributed by atoms with van der Waals surface area (Å²) in [6.45, 7) is 3.66. The maximum Gasteiger partial charge on any atom is 0.218 e. The Bertz CT molecular complexity index is 446. The fraction of sp³-hybridized carbons (Fsp3) is 0.929. The van der Waals surface area contributed by atoms with E-state index in [-0.39, 0.29) is 17.9 Å². The van der Waals surface area contributed by atoms with Gasteiger partial charge >= 0.3 is 0 Å². The zero-order chi connectivity index (χ0) is 15.3. The van der Waals surface area contributed by atoms with Crippen LogP contribution >= 0.6 is 0 Å². The summed E-state index contributed by atoms with van der Waals surface area (Å²) in [5.74, 6) is 0.105. The van der Waals surface area contributed by atoms with Crippen LogP contribution in [0.2, 0.25) is 0 Å². The van der Waals surface area contributed by atoms with E-state index in [2.05, 4.69) is 10.2 Å². The van der Waals surface area contributed by atoms with Gasteiger partial charge in [-0.1, -0.05) is 0 Å². The topological polar surface area (TPSA) is 92.5 Å². The number of amides is 1. The molecule has 0 saturated carbocycles. The van der Waals surface area contributed by atoms with Gasteiger partial charge in [0.1, 0.15) is 0 Å². The van der Waals surface area contributed by atoms with Gasteiger partial charge in [-0.3, -0.25) is 4.79 Å². The molecule has 7 heteroatoms. The third-order valence-electron chi connectivity index (χ3n) is 4.59. The predicted octanol–water partition coefficient (Wildman–Crippen LogP) is -0.259. The first-order valence-electron chi connectivity index (χ1n) is 7.91. The molecule has 122 valence electrons. The molecular formula is C14H27N3O3S. The van der Waals surface area contributed by atoms with Crippen LogP contribution in [0.5, 0.6) is 0 Å². The molecule has 2 rings (SSSR count). The van der Waals surface area contributed by atoms with Crippen molar-refractivity contribution in [3.8, 4) is 0 Å². The van der Waals surface area contributed by atoms with Crippen molar-refractivity contribution in [3.63, 3.8) is 0 Å². The first-order valence-corrected chi connectivity index (χ1v) is 9.73. The highest BCUT2D eigenvalue weighted by Crippen LogP contribution is 2.24. The van der Waals surface area contributed by atoms with Gasteiger partial charge in [0.15, 0.2) is 9.84 Å². The Balaban J connectivity index is 1.75. The second kappa shape index (κ2) is 7.56. The Kier molecular flexibility index (Phi) is 6.01. The largest absolute Gasteiger partial charge is 0.370 e. The minimum Gasteiger partial charge on any atom is -0.370 e. The van der Waals surface area contributed by atoms with Gasteiger partial charge in [0.05, 0.1) is 11.5 Å². The van der Waals surface area contributed by atoms with Crippen molar-refractivity contribution in [2.75, 3.05) is 37.7 Å². The van der Waals surface area contributed by atoms with Crippen molar-refractivity contribution in [3.05, 3.63) is 0 Å². The number of piperidine rings is 1. The normalized spacial score (nSPS) is 27.8. The van der Waals surface area contributed by atoms with Gasteiger partial charge in [0.2, 0.25) is 5.91 Å². The quantitative estimate of drug-likeness (QED) is 0.675. The lowest BCUT2D eigenvalue weighted by Crippen LogP contribution is -2.44. The van der Waals surface area contributed by atoms with Gasteiger partial charge in [0.25, 0.3) is 0 Å². The molecule has 6 nitrogen and oxygen atoms in total. The van der Waals surface area contributed by atoms with Gasteiger partial charge < -0.3 is 16.0 Å². The van der Waals surface area contributed by atoms with Crippen LogP contribution in [0.25, 0.3) is 0 Å². The molecule has 0 bridgehead atoms. The molecule has 0 radical (unpaired) electrons. The number of hydrogen-bond acceptors (Lipinski definition) is 5. The molecule has 2 aliphatic rings. The van der Waals surface area contributed by atoms with Crippen molar-refractivity contribution in [2.24, 2.45) is 11.7 Å². The lowest BCUT2D eigenvalue weighted by Gasteiger charge is -2.35. The Morgan fingerprint density at radius 3 is 2.71 bits per heavy atom. The molecule has 0 aliphatic carbocycles. The lowest BCUT2D eigenvalue weighted by molar-refractivity contribution is -0.117. The van der Waals surface area contributed by atoms with E-state index in [0.29, 0.717) is 18.5 Å². The van der Waals surface area contributed by atoms with Crippen molar-refractivity contribution >= 4 is 15.7 Å². The Morgan fingerprint density at radius 2 is 2.05 bits per heavy atom. The average Bonchev–Trinajstić information content (AvgIpc) is 2.98. The maximum atomic E-state index is 11.9. The number of sulfone groups is 1. The van der Waals surface area contributed by atoms with E-state index in [4.69, 9.17) is 5.73 Å². The molecule has 3 N–H and O–H groups in total. The minimum atomic E-state index is -3.17. The van der Waals surface area contributed by atoms with Gasteiger partial charge in [0, 0.05) is 25.6 Å². The number of primary amides is 1. The Hall–Kier alpha value is -0.660. The Labute approximate surface area is 127 Å². The summed E-state index contributed by atoms with van der Waals surface area (Å²) in [5, 5.41) is 3.56. The number of rotatable bonds is 7. The van der Waals surface area contributed by atoms with Crippen molar-refractivity contribution in [1.29, 1.82) is 0 Å². The van der Waals surface area contributed by atoms with Crippen LogP contribution in [-0.4, -0.2) is 63.0 Å². The average molecular weight is 317 g/mol. The van der Waals surface area contributed by atoms with Crippen molar-refractivity contribution < 1.29 is 13.2 Å². The van der Waals surface area contributed by atoms with Gasteiger partial charge in [-0.25, -0.2) is 8.42 Å². The number of likely N-dealkylation sites (tertiary alicyclic amines) is 1. The maximum absolute atomic E-state index is 11.9. The molecule has 2 atom stereocenters. The number of carbonyl (C=O) groups is 1. The molecule has 0 aromatic rings. The van der Waals surface area contributed by atoms with E-state index in [0.717, 1.165) is 26.1 Å². The second-order valence-corrected chi connectivity index (χ2v) is 8.58. The first-order chi connectivity index (χ1) is 9.96. The summed E-state index contributed by atoms with van der Waals surface area (Å²) >= 11 is 0. The highest BCUT2D eigenvalue weighted by Gasteiger charge is 2.29. The van der Waals surface area contributed by atoms with E-state index in [1.165, 1.54) is 19.3 Å². The number of nitrogens with two attached hydrogens (primary N) is 1. The summed E-state index contributed by atoms with van der Waals surface area (Å²) in [6.07, 6.45) is 4.81. The van der Waals surface area contributed by atoms with Gasteiger partial charge in [-0.2, -0.15) is 0 Å². The monoisotopic (exact) mass is 317 g/mol. The van der Waals surface area contributed by atoms with Crippen LogP contribution in [0.3, 0.4) is 0 Å². The number of nitrogens with one attached hydrogen (secondary N) is 1. The SMILES string of the molecule is NC(=O)CCS(=O)(=O)CCN1CCCC(C2CCCN2)C1. The molecule has 2 unspecified atom stereocenters. The van der Waals surface area contributed by atoms with E-state index in [9.17, 15) is 13.2 Å². The fourth-order valence-electron chi connectivity index (χ4n) is 3.36. The molecule has 0 aromatic carbocycles. The lowest BCUT2D eigenvalue weighted by atomic mass is 9.90. The van der Waals surface area contributed by atoms with E-state index >= 15 is 0 Å². The molecule has 2 fully saturated rings. The predicted molar refractivity (Wildman–Crippen MR) is 82.7 cm³/mol. The molecule has 0 spiro atoms. The fourth-order valence-corrected chi connectivity index (χ4v) is 4.62. The molecular weight excluding hydrogens is 290 g/mol. The summed E-state index contributed by atoms with van der Waals surface area (Å²) in [5.41, 5.74) is 5.01. The van der Waals surface area contributed by atoms with Crippen LogP contribution in [0.1, 0.15) is 32.1 Å².